The summed E-state index contributed by atoms with van der Waals surface area (Å²) in [6.07, 6.45) is 2.77. The molecule has 26 heavy (non-hydrogen) atoms. The van der Waals surface area contributed by atoms with Crippen LogP contribution >= 0.6 is 11.8 Å². The van der Waals surface area contributed by atoms with Gasteiger partial charge in [-0.1, -0.05) is 6.07 Å². The number of rotatable bonds is 3. The lowest BCUT2D eigenvalue weighted by atomic mass is 10.0. The molecule has 0 saturated carbocycles. The third-order valence-electron chi connectivity index (χ3n) is 4.18. The maximum Gasteiger partial charge on any atom is 0.213 e. The van der Waals surface area contributed by atoms with Crippen molar-refractivity contribution in [3.63, 3.8) is 0 Å². The fourth-order valence-electron chi connectivity index (χ4n) is 2.83. The molecular weight excluding hydrogens is 348 g/mol. The van der Waals surface area contributed by atoms with Crippen LogP contribution in [-0.2, 0) is 0 Å². The number of nitrogens with zero attached hydrogens (tertiary/aromatic N) is 3. The lowest BCUT2D eigenvalue weighted by Gasteiger charge is -2.10. The van der Waals surface area contributed by atoms with Crippen molar-refractivity contribution in [1.82, 2.24) is 15.2 Å². The summed E-state index contributed by atoms with van der Waals surface area (Å²) in [6.45, 7) is 0.906. The number of nitrogens with one attached hydrogen (secondary N) is 1. The number of pyridine rings is 1. The van der Waals surface area contributed by atoms with Crippen molar-refractivity contribution < 1.29 is 9.84 Å². The molecule has 6 nitrogen and oxygen atoms in total. The Morgan fingerprint density at radius 3 is 2.85 bits per heavy atom. The van der Waals surface area contributed by atoms with Crippen molar-refractivity contribution in [2.24, 2.45) is 0 Å². The van der Waals surface area contributed by atoms with Gasteiger partial charge in [-0.3, -0.25) is 0 Å². The molecule has 0 saturated heterocycles. The van der Waals surface area contributed by atoms with E-state index in [1.165, 1.54) is 0 Å². The molecule has 1 aromatic carbocycles. The molecule has 2 N–H and O–H groups in total. The van der Waals surface area contributed by atoms with Crippen LogP contribution < -0.4 is 10.1 Å². The lowest BCUT2D eigenvalue weighted by molar-refractivity contribution is 0.398. The number of methoxy groups -OCH3 is 1. The van der Waals surface area contributed by atoms with E-state index in [1.54, 1.807) is 31.1 Å². The molecule has 0 bridgehead atoms. The topological polar surface area (TPSA) is 80.2 Å². The number of hydrogen-bond acceptors (Lipinski definition) is 7. The zero-order valence-electron chi connectivity index (χ0n) is 14.3. The Morgan fingerprint density at radius 2 is 2.00 bits per heavy atom. The smallest absolute Gasteiger partial charge is 0.213 e. The highest BCUT2D eigenvalue weighted by molar-refractivity contribution is 7.99. The molecule has 1 aliphatic rings. The van der Waals surface area contributed by atoms with Gasteiger partial charge in [0, 0.05) is 24.4 Å². The average molecular weight is 366 g/mol. The molecule has 132 valence electrons. The maximum absolute atomic E-state index is 10.6. The molecule has 0 radical (unpaired) electrons. The van der Waals surface area contributed by atoms with Crippen molar-refractivity contribution in [3.05, 3.63) is 42.6 Å². The Hall–Kier alpha value is -2.80. The second-order valence-corrected chi connectivity index (χ2v) is 7.03. The van der Waals surface area contributed by atoms with Crippen LogP contribution in [0.4, 0.5) is 5.82 Å². The van der Waals surface area contributed by atoms with Gasteiger partial charge in [0.25, 0.3) is 0 Å². The predicted molar refractivity (Wildman–Crippen MR) is 103 cm³/mol. The first kappa shape index (κ1) is 16.7. The van der Waals surface area contributed by atoms with Gasteiger partial charge in [0.05, 0.1) is 17.7 Å². The van der Waals surface area contributed by atoms with Crippen LogP contribution in [0.25, 0.3) is 22.4 Å². The number of ether oxygens (including phenoxy) is 1. The highest BCUT2D eigenvalue weighted by Gasteiger charge is 2.14. The second-order valence-electron chi connectivity index (χ2n) is 5.89. The molecule has 4 rings (SSSR count). The van der Waals surface area contributed by atoms with Gasteiger partial charge < -0.3 is 15.2 Å². The van der Waals surface area contributed by atoms with Gasteiger partial charge in [-0.25, -0.2) is 4.98 Å². The standard InChI is InChI=1S/C19H18N4O2S/c1-25-18-10-13(5-7-20-18)12-3-4-14(16(24)9-12)15-11-17-19(23-22-15)21-6-2-8-26-17/h3-5,7,9-11,24H,2,6,8H2,1H3,(H,21,23). The number of thioether (sulfide) groups is 1. The first-order chi connectivity index (χ1) is 12.7. The zero-order chi connectivity index (χ0) is 17.9. The third kappa shape index (κ3) is 3.30. The fourth-order valence-corrected chi connectivity index (χ4v) is 3.78. The summed E-state index contributed by atoms with van der Waals surface area (Å²) in [5.41, 5.74) is 3.13. The van der Waals surface area contributed by atoms with Gasteiger partial charge in [-0.05, 0) is 47.6 Å². The Labute approximate surface area is 155 Å². The first-order valence-corrected chi connectivity index (χ1v) is 9.31. The summed E-state index contributed by atoms with van der Waals surface area (Å²) in [4.78, 5) is 5.17. The molecule has 3 heterocycles. The molecule has 0 spiro atoms. The summed E-state index contributed by atoms with van der Waals surface area (Å²) < 4.78 is 5.16. The molecular formula is C19H18N4O2S. The first-order valence-electron chi connectivity index (χ1n) is 8.33. The third-order valence-corrected chi connectivity index (χ3v) is 5.30. The summed E-state index contributed by atoms with van der Waals surface area (Å²) >= 11 is 1.76. The molecule has 0 amide bonds. The minimum Gasteiger partial charge on any atom is -0.507 e. The molecule has 0 unspecified atom stereocenters. The average Bonchev–Trinajstić information content (AvgIpc) is 2.92. The number of benzene rings is 1. The van der Waals surface area contributed by atoms with Crippen molar-refractivity contribution >= 4 is 17.6 Å². The van der Waals surface area contributed by atoms with Gasteiger partial charge in [0.15, 0.2) is 5.82 Å². The number of aromatic nitrogens is 3. The summed E-state index contributed by atoms with van der Waals surface area (Å²) in [7, 11) is 1.58. The van der Waals surface area contributed by atoms with E-state index in [2.05, 4.69) is 20.5 Å². The highest BCUT2D eigenvalue weighted by atomic mass is 32.2. The van der Waals surface area contributed by atoms with E-state index in [4.69, 9.17) is 4.74 Å². The number of fused-ring (bicyclic) bond motifs is 1. The van der Waals surface area contributed by atoms with E-state index in [0.29, 0.717) is 17.1 Å². The van der Waals surface area contributed by atoms with E-state index in [1.807, 2.05) is 30.3 Å². The van der Waals surface area contributed by atoms with Gasteiger partial charge in [-0.15, -0.1) is 22.0 Å². The van der Waals surface area contributed by atoms with Crippen LogP contribution in [0, 0.1) is 0 Å². The Balaban J connectivity index is 1.69. The monoisotopic (exact) mass is 366 g/mol. The van der Waals surface area contributed by atoms with Gasteiger partial charge >= 0.3 is 0 Å². The van der Waals surface area contributed by atoms with Crippen molar-refractivity contribution in [2.75, 3.05) is 24.7 Å². The number of hydrogen-bond donors (Lipinski definition) is 2. The van der Waals surface area contributed by atoms with E-state index < -0.39 is 0 Å². The molecule has 2 aromatic heterocycles. The fraction of sp³-hybridized carbons (Fsp3) is 0.211. The van der Waals surface area contributed by atoms with Gasteiger partial charge in [0.2, 0.25) is 5.88 Å². The Morgan fingerprint density at radius 1 is 1.12 bits per heavy atom. The van der Waals surface area contributed by atoms with Crippen LogP contribution in [0.1, 0.15) is 6.42 Å². The van der Waals surface area contributed by atoms with Crippen LogP contribution in [0.2, 0.25) is 0 Å². The van der Waals surface area contributed by atoms with Crippen molar-refractivity contribution in [3.8, 4) is 34.0 Å². The van der Waals surface area contributed by atoms with Crippen LogP contribution in [0.15, 0.2) is 47.5 Å². The van der Waals surface area contributed by atoms with Gasteiger partial charge in [-0.2, -0.15) is 0 Å². The van der Waals surface area contributed by atoms with E-state index in [-0.39, 0.29) is 5.75 Å². The van der Waals surface area contributed by atoms with Crippen LogP contribution in [0.5, 0.6) is 11.6 Å². The molecule has 7 heteroatoms. The molecule has 0 fully saturated rings. The quantitative estimate of drug-likeness (QED) is 0.729. The Bertz CT molecular complexity index is 949. The van der Waals surface area contributed by atoms with Gasteiger partial charge in [0.1, 0.15) is 5.75 Å². The number of anilines is 1. The summed E-state index contributed by atoms with van der Waals surface area (Å²) in [6, 6.07) is 11.2. The van der Waals surface area contributed by atoms with Crippen LogP contribution in [0.3, 0.4) is 0 Å². The minimum atomic E-state index is 0.166. The molecule has 3 aromatic rings. The van der Waals surface area contributed by atoms with E-state index in [0.717, 1.165) is 40.6 Å². The maximum atomic E-state index is 10.6. The number of aromatic hydroxyl groups is 1. The summed E-state index contributed by atoms with van der Waals surface area (Å²) in [5, 5.41) is 22.4. The SMILES string of the molecule is COc1cc(-c2ccc(-c3cc4c(nn3)NCCCS4)c(O)c2)ccn1. The minimum absolute atomic E-state index is 0.166. The molecule has 1 aliphatic heterocycles. The zero-order valence-corrected chi connectivity index (χ0v) is 15.1. The number of phenolic OH excluding ortho intramolecular Hbond substituents is 1. The van der Waals surface area contributed by atoms with Crippen LogP contribution in [-0.4, -0.2) is 39.7 Å². The molecule has 0 aliphatic carbocycles. The highest BCUT2D eigenvalue weighted by Crippen LogP contribution is 2.36. The molecule has 0 atom stereocenters. The predicted octanol–water partition coefficient (Wildman–Crippen LogP) is 3.83. The Kier molecular flexibility index (Phi) is 4.62. The van der Waals surface area contributed by atoms with Crippen molar-refractivity contribution in [2.45, 2.75) is 11.3 Å². The normalized spacial score (nSPS) is 13.4. The largest absolute Gasteiger partial charge is 0.507 e. The van der Waals surface area contributed by atoms with Crippen molar-refractivity contribution in [1.29, 1.82) is 0 Å². The number of phenols is 1. The lowest BCUT2D eigenvalue weighted by Crippen LogP contribution is -2.03. The van der Waals surface area contributed by atoms with E-state index >= 15 is 0 Å². The summed E-state index contributed by atoms with van der Waals surface area (Å²) in [5.74, 6) is 2.56. The van der Waals surface area contributed by atoms with E-state index in [9.17, 15) is 5.11 Å². The second kappa shape index (κ2) is 7.21.